The van der Waals surface area contributed by atoms with E-state index in [1.165, 1.54) is 0 Å². The normalized spacial score (nSPS) is 13.7. The van der Waals surface area contributed by atoms with Crippen molar-refractivity contribution >= 4 is 6.03 Å². The Morgan fingerprint density at radius 2 is 2.00 bits per heavy atom. The molecule has 2 atom stereocenters. The van der Waals surface area contributed by atoms with Gasteiger partial charge in [0.25, 0.3) is 0 Å². The highest BCUT2D eigenvalue weighted by Crippen LogP contribution is 2.15. The van der Waals surface area contributed by atoms with E-state index in [-0.39, 0.29) is 12.1 Å². The number of aliphatic hydroxyl groups excluding tert-OH is 1. The Bertz CT molecular complexity index is 354. The van der Waals surface area contributed by atoms with Gasteiger partial charge < -0.3 is 15.7 Å². The number of nitrogens with one attached hydrogen (secondary N) is 2. The van der Waals surface area contributed by atoms with E-state index in [1.54, 1.807) is 6.92 Å². The molecule has 1 aromatic rings. The Kier molecular flexibility index (Phi) is 6.22. The fourth-order valence-corrected chi connectivity index (χ4v) is 1.65. The number of amides is 2. The third-order valence-electron chi connectivity index (χ3n) is 2.79. The summed E-state index contributed by atoms with van der Waals surface area (Å²) in [7, 11) is 0. The number of aliphatic hydroxyl groups is 1. The van der Waals surface area contributed by atoms with Gasteiger partial charge in [0, 0.05) is 6.54 Å². The summed E-state index contributed by atoms with van der Waals surface area (Å²) in [5.74, 6) is 0. The zero-order valence-electron chi connectivity index (χ0n) is 11.0. The molecule has 1 rings (SSSR count). The minimum absolute atomic E-state index is 0.231. The van der Waals surface area contributed by atoms with E-state index in [4.69, 9.17) is 0 Å². The van der Waals surface area contributed by atoms with Crippen LogP contribution in [0.2, 0.25) is 0 Å². The van der Waals surface area contributed by atoms with Crippen LogP contribution >= 0.6 is 0 Å². The van der Waals surface area contributed by atoms with Gasteiger partial charge >= 0.3 is 6.03 Å². The Hall–Kier alpha value is -1.55. The van der Waals surface area contributed by atoms with Crippen molar-refractivity contribution in [3.05, 3.63) is 35.9 Å². The van der Waals surface area contributed by atoms with E-state index in [1.807, 2.05) is 30.3 Å². The average molecular weight is 250 g/mol. The highest BCUT2D eigenvalue weighted by Gasteiger charge is 2.17. The Labute approximate surface area is 108 Å². The first-order valence-electron chi connectivity index (χ1n) is 6.42. The smallest absolute Gasteiger partial charge is 0.315 e. The monoisotopic (exact) mass is 250 g/mol. The van der Waals surface area contributed by atoms with Crippen molar-refractivity contribution in [2.24, 2.45) is 0 Å². The number of benzene rings is 1. The van der Waals surface area contributed by atoms with Gasteiger partial charge in [-0.25, -0.2) is 4.79 Å². The third-order valence-corrected chi connectivity index (χ3v) is 2.79. The first kappa shape index (κ1) is 14.5. The molecule has 18 heavy (non-hydrogen) atoms. The standard InChI is InChI=1S/C14H22N2O2/c1-3-4-10-15-14(18)16-11(2)13(17)12-8-6-5-7-9-12/h5-9,11,13,17H,3-4,10H2,1-2H3,(H2,15,16,18). The van der Waals surface area contributed by atoms with Crippen molar-refractivity contribution in [2.75, 3.05) is 6.54 Å². The van der Waals surface area contributed by atoms with Gasteiger partial charge in [-0.05, 0) is 18.9 Å². The van der Waals surface area contributed by atoms with E-state index in [0.717, 1.165) is 18.4 Å². The van der Waals surface area contributed by atoms with Crippen molar-refractivity contribution in [2.45, 2.75) is 38.8 Å². The first-order valence-corrected chi connectivity index (χ1v) is 6.42. The van der Waals surface area contributed by atoms with Crippen molar-refractivity contribution in [3.8, 4) is 0 Å². The van der Waals surface area contributed by atoms with Gasteiger partial charge in [0.15, 0.2) is 0 Å². The Balaban J connectivity index is 2.40. The molecule has 1 aromatic carbocycles. The molecule has 0 bridgehead atoms. The molecule has 0 saturated carbocycles. The molecular weight excluding hydrogens is 228 g/mol. The molecule has 0 fully saturated rings. The van der Waals surface area contributed by atoms with Crippen LogP contribution in [0.25, 0.3) is 0 Å². The molecule has 0 aliphatic heterocycles. The summed E-state index contributed by atoms with van der Waals surface area (Å²) in [6.07, 6.45) is 1.31. The lowest BCUT2D eigenvalue weighted by Crippen LogP contribution is -2.43. The van der Waals surface area contributed by atoms with Crippen molar-refractivity contribution in [3.63, 3.8) is 0 Å². The fourth-order valence-electron chi connectivity index (χ4n) is 1.65. The lowest BCUT2D eigenvalue weighted by atomic mass is 10.0. The second kappa shape index (κ2) is 7.71. The van der Waals surface area contributed by atoms with E-state index < -0.39 is 6.10 Å². The summed E-state index contributed by atoms with van der Waals surface area (Å²) < 4.78 is 0. The highest BCUT2D eigenvalue weighted by atomic mass is 16.3. The molecule has 3 N–H and O–H groups in total. The van der Waals surface area contributed by atoms with E-state index >= 15 is 0 Å². The number of carbonyl (C=O) groups is 1. The summed E-state index contributed by atoms with van der Waals surface area (Å²) in [6.45, 7) is 4.52. The lowest BCUT2D eigenvalue weighted by molar-refractivity contribution is 0.137. The van der Waals surface area contributed by atoms with Crippen LogP contribution in [-0.2, 0) is 0 Å². The van der Waals surface area contributed by atoms with Crippen LogP contribution in [0.15, 0.2) is 30.3 Å². The van der Waals surface area contributed by atoms with Crippen molar-refractivity contribution < 1.29 is 9.90 Å². The maximum atomic E-state index is 11.5. The van der Waals surface area contributed by atoms with Gasteiger partial charge in [0.05, 0.1) is 12.1 Å². The maximum absolute atomic E-state index is 11.5. The molecule has 2 amide bonds. The predicted molar refractivity (Wildman–Crippen MR) is 72.3 cm³/mol. The number of rotatable bonds is 6. The molecule has 4 heteroatoms. The summed E-state index contributed by atoms with van der Waals surface area (Å²) in [5.41, 5.74) is 0.804. The molecule has 0 spiro atoms. The van der Waals surface area contributed by atoms with Crippen LogP contribution in [0.5, 0.6) is 0 Å². The number of hydrogen-bond donors (Lipinski definition) is 3. The Morgan fingerprint density at radius 1 is 1.33 bits per heavy atom. The topological polar surface area (TPSA) is 61.4 Å². The van der Waals surface area contributed by atoms with Gasteiger partial charge in [-0.15, -0.1) is 0 Å². The second-order valence-corrected chi connectivity index (χ2v) is 4.40. The molecule has 0 aliphatic rings. The molecular formula is C14H22N2O2. The number of hydrogen-bond acceptors (Lipinski definition) is 2. The van der Waals surface area contributed by atoms with Gasteiger partial charge in [-0.2, -0.15) is 0 Å². The average Bonchev–Trinajstić information content (AvgIpc) is 2.39. The molecule has 0 heterocycles. The van der Waals surface area contributed by atoms with Crippen LogP contribution < -0.4 is 10.6 Å². The minimum atomic E-state index is -0.692. The Morgan fingerprint density at radius 3 is 2.61 bits per heavy atom. The number of unbranched alkanes of at least 4 members (excludes halogenated alkanes) is 1. The number of carbonyl (C=O) groups excluding carboxylic acids is 1. The number of urea groups is 1. The quantitative estimate of drug-likeness (QED) is 0.678. The van der Waals surface area contributed by atoms with Gasteiger partial charge in [0.2, 0.25) is 0 Å². The zero-order chi connectivity index (χ0) is 13.4. The molecule has 4 nitrogen and oxygen atoms in total. The van der Waals surface area contributed by atoms with Crippen LogP contribution in [0.3, 0.4) is 0 Å². The van der Waals surface area contributed by atoms with Gasteiger partial charge in [-0.3, -0.25) is 0 Å². The summed E-state index contributed by atoms with van der Waals surface area (Å²) in [6, 6.07) is 8.76. The molecule has 0 aromatic heterocycles. The van der Waals surface area contributed by atoms with E-state index in [9.17, 15) is 9.90 Å². The minimum Gasteiger partial charge on any atom is -0.386 e. The van der Waals surface area contributed by atoms with Crippen molar-refractivity contribution in [1.82, 2.24) is 10.6 Å². The fraction of sp³-hybridized carbons (Fsp3) is 0.500. The summed E-state index contributed by atoms with van der Waals surface area (Å²) >= 11 is 0. The molecule has 0 aliphatic carbocycles. The van der Waals surface area contributed by atoms with Crippen LogP contribution in [-0.4, -0.2) is 23.7 Å². The second-order valence-electron chi connectivity index (χ2n) is 4.40. The summed E-state index contributed by atoms with van der Waals surface area (Å²) in [4.78, 5) is 11.5. The predicted octanol–water partition coefficient (Wildman–Crippen LogP) is 2.21. The van der Waals surface area contributed by atoms with Gasteiger partial charge in [0.1, 0.15) is 0 Å². The SMILES string of the molecule is CCCCNC(=O)NC(C)C(O)c1ccccc1. The highest BCUT2D eigenvalue weighted by molar-refractivity contribution is 5.74. The lowest BCUT2D eigenvalue weighted by Gasteiger charge is -2.20. The largest absolute Gasteiger partial charge is 0.386 e. The summed E-state index contributed by atoms with van der Waals surface area (Å²) in [5, 5.41) is 15.6. The molecule has 2 unspecified atom stereocenters. The van der Waals surface area contributed by atoms with Crippen LogP contribution in [0.4, 0.5) is 4.79 Å². The maximum Gasteiger partial charge on any atom is 0.315 e. The van der Waals surface area contributed by atoms with Gasteiger partial charge in [-0.1, -0.05) is 43.7 Å². The van der Waals surface area contributed by atoms with Crippen molar-refractivity contribution in [1.29, 1.82) is 0 Å². The van der Waals surface area contributed by atoms with E-state index in [0.29, 0.717) is 6.54 Å². The molecule has 0 saturated heterocycles. The van der Waals surface area contributed by atoms with Crippen LogP contribution in [0.1, 0.15) is 38.4 Å². The third kappa shape index (κ3) is 4.75. The zero-order valence-corrected chi connectivity index (χ0v) is 11.0. The first-order chi connectivity index (χ1) is 8.65. The van der Waals surface area contributed by atoms with Crippen LogP contribution in [0, 0.1) is 0 Å². The molecule has 100 valence electrons. The molecule has 0 radical (unpaired) electrons. The van der Waals surface area contributed by atoms with E-state index in [2.05, 4.69) is 17.6 Å².